The summed E-state index contributed by atoms with van der Waals surface area (Å²) in [7, 11) is 0. The molecule has 0 aliphatic carbocycles. The Kier molecular flexibility index (Phi) is 5.02. The predicted octanol–water partition coefficient (Wildman–Crippen LogP) is 11.0. The van der Waals surface area contributed by atoms with E-state index in [1.54, 1.807) is 0 Å². The van der Waals surface area contributed by atoms with Gasteiger partial charge in [-0.05, 0) is 76.5 Å². The van der Waals surface area contributed by atoms with Gasteiger partial charge in [0.2, 0.25) is 0 Å². The second-order valence-electron chi connectivity index (χ2n) is 11.8. The summed E-state index contributed by atoms with van der Waals surface area (Å²) in [6.45, 7) is 0. The summed E-state index contributed by atoms with van der Waals surface area (Å²) >= 11 is 0. The van der Waals surface area contributed by atoms with Gasteiger partial charge in [-0.15, -0.1) is 0 Å². The highest BCUT2D eigenvalue weighted by Crippen LogP contribution is 2.49. The third-order valence-electron chi connectivity index (χ3n) is 9.21. The lowest BCUT2D eigenvalue weighted by molar-refractivity contribution is 0.264. The van der Waals surface area contributed by atoms with Crippen LogP contribution in [0.2, 0.25) is 0 Å². The second kappa shape index (κ2) is 9.25. The van der Waals surface area contributed by atoms with Crippen LogP contribution >= 0.6 is 0 Å². The number of benzene rings is 7. The highest BCUT2D eigenvalue weighted by molar-refractivity contribution is 6.15. The van der Waals surface area contributed by atoms with Crippen LogP contribution in [0.1, 0.15) is 11.8 Å². The van der Waals surface area contributed by atoms with Crippen molar-refractivity contribution in [1.82, 2.24) is 4.57 Å². The normalized spacial score (nSPS) is 14.4. The number of nitrogens with zero attached hydrogens (tertiary/aromatic N) is 1. The van der Waals surface area contributed by atoms with E-state index in [9.17, 15) is 0 Å². The molecular weight excluding hydrogens is 552 g/mol. The number of hydrogen-bond donors (Lipinski definition) is 1. The molecule has 4 nitrogen and oxygen atoms in total. The van der Waals surface area contributed by atoms with Crippen molar-refractivity contribution in [3.8, 4) is 22.6 Å². The van der Waals surface area contributed by atoms with Gasteiger partial charge in [-0.1, -0.05) is 91.0 Å². The molecule has 0 fully saturated rings. The third kappa shape index (κ3) is 3.60. The maximum atomic E-state index is 6.87. The first-order chi connectivity index (χ1) is 22.3. The number of para-hydroxylation sites is 1. The first-order valence-corrected chi connectivity index (χ1v) is 15.3. The van der Waals surface area contributed by atoms with Crippen molar-refractivity contribution in [3.63, 3.8) is 0 Å². The molecule has 0 spiro atoms. The lowest BCUT2D eigenvalue weighted by atomic mass is 10.0. The summed E-state index contributed by atoms with van der Waals surface area (Å²) in [6.07, 6.45) is -0.357. The summed E-state index contributed by atoms with van der Waals surface area (Å²) in [5.41, 5.74) is 9.50. The molecule has 0 amide bonds. The van der Waals surface area contributed by atoms with Gasteiger partial charge in [0.25, 0.3) is 0 Å². The Morgan fingerprint density at radius 2 is 1.31 bits per heavy atom. The minimum atomic E-state index is -0.357. The molecule has 1 N–H and O–H groups in total. The number of rotatable bonds is 3. The lowest BCUT2D eigenvalue weighted by Gasteiger charge is -2.14. The van der Waals surface area contributed by atoms with E-state index in [1.807, 2.05) is 12.1 Å². The Balaban J connectivity index is 1.16. The zero-order chi connectivity index (χ0) is 29.5. The van der Waals surface area contributed by atoms with Crippen LogP contribution < -0.4 is 10.1 Å². The van der Waals surface area contributed by atoms with Crippen molar-refractivity contribution in [2.75, 3.05) is 5.32 Å². The molecule has 212 valence electrons. The molecule has 1 aliphatic heterocycles. The molecule has 1 atom stereocenters. The second-order valence-corrected chi connectivity index (χ2v) is 11.8. The van der Waals surface area contributed by atoms with Gasteiger partial charge < -0.3 is 19.0 Å². The first kappa shape index (κ1) is 24.4. The number of aromatic nitrogens is 1. The van der Waals surface area contributed by atoms with Crippen LogP contribution in [0.15, 0.2) is 150 Å². The van der Waals surface area contributed by atoms with Crippen LogP contribution in [-0.2, 0) is 0 Å². The third-order valence-corrected chi connectivity index (χ3v) is 9.21. The predicted molar refractivity (Wildman–Crippen MR) is 184 cm³/mol. The average Bonchev–Trinajstić information content (AvgIpc) is 3.79. The smallest absolute Gasteiger partial charge is 0.197 e. The molecule has 1 aliphatic rings. The van der Waals surface area contributed by atoms with Crippen LogP contribution in [0.5, 0.6) is 5.75 Å². The minimum Gasteiger partial charge on any atom is -0.463 e. The van der Waals surface area contributed by atoms with E-state index in [4.69, 9.17) is 9.15 Å². The number of fused-ring (bicyclic) bond motifs is 9. The van der Waals surface area contributed by atoms with E-state index in [-0.39, 0.29) is 6.23 Å². The van der Waals surface area contributed by atoms with Gasteiger partial charge in [0.1, 0.15) is 11.2 Å². The molecule has 7 aromatic carbocycles. The van der Waals surface area contributed by atoms with Crippen molar-refractivity contribution in [2.45, 2.75) is 6.23 Å². The molecule has 2 aromatic heterocycles. The molecule has 9 aromatic rings. The van der Waals surface area contributed by atoms with Crippen LogP contribution in [0.25, 0.3) is 71.3 Å². The molecule has 0 radical (unpaired) electrons. The summed E-state index contributed by atoms with van der Waals surface area (Å²) in [5, 5.41) is 10.6. The Morgan fingerprint density at radius 1 is 0.533 bits per heavy atom. The van der Waals surface area contributed by atoms with Gasteiger partial charge in [-0.25, -0.2) is 0 Å². The number of nitrogens with one attached hydrogen (secondary N) is 1. The molecule has 0 saturated carbocycles. The topological polar surface area (TPSA) is 39.3 Å². The molecule has 45 heavy (non-hydrogen) atoms. The van der Waals surface area contributed by atoms with Crippen molar-refractivity contribution in [1.29, 1.82) is 0 Å². The largest absolute Gasteiger partial charge is 0.463 e. The summed E-state index contributed by atoms with van der Waals surface area (Å²) < 4.78 is 15.6. The number of hydrogen-bond acceptors (Lipinski definition) is 3. The SMILES string of the molecule is c1ccc(-c2ccc3c(c2)oc2ccc4c(c23)OC(c2cccc3c2c2cc5ccccc5cc2n3-c2ccccc2)N4)cc1. The van der Waals surface area contributed by atoms with Crippen molar-refractivity contribution in [3.05, 3.63) is 151 Å². The van der Waals surface area contributed by atoms with Crippen molar-refractivity contribution in [2.24, 2.45) is 0 Å². The number of furan rings is 1. The molecule has 3 heterocycles. The van der Waals surface area contributed by atoms with E-state index in [2.05, 4.69) is 143 Å². The van der Waals surface area contributed by atoms with Gasteiger partial charge in [0.05, 0.1) is 22.1 Å². The fraction of sp³-hybridized carbons (Fsp3) is 0.0244. The molecular formula is C41H26N2O2. The minimum absolute atomic E-state index is 0.357. The van der Waals surface area contributed by atoms with Crippen LogP contribution in [0.3, 0.4) is 0 Å². The van der Waals surface area contributed by atoms with E-state index < -0.39 is 0 Å². The van der Waals surface area contributed by atoms with E-state index in [0.717, 1.165) is 55.7 Å². The summed E-state index contributed by atoms with van der Waals surface area (Å²) in [4.78, 5) is 0. The first-order valence-electron chi connectivity index (χ1n) is 15.3. The highest BCUT2D eigenvalue weighted by Gasteiger charge is 2.30. The van der Waals surface area contributed by atoms with Crippen molar-refractivity contribution >= 4 is 60.2 Å². The maximum absolute atomic E-state index is 6.87. The molecule has 4 heteroatoms. The van der Waals surface area contributed by atoms with Crippen LogP contribution in [-0.4, -0.2) is 4.57 Å². The molecule has 0 bridgehead atoms. The van der Waals surface area contributed by atoms with Crippen LogP contribution in [0, 0.1) is 0 Å². The van der Waals surface area contributed by atoms with E-state index in [1.165, 1.54) is 32.6 Å². The molecule has 0 saturated heterocycles. The Morgan fingerprint density at radius 3 is 2.16 bits per heavy atom. The van der Waals surface area contributed by atoms with E-state index in [0.29, 0.717) is 0 Å². The summed E-state index contributed by atoms with van der Waals surface area (Å²) in [5.74, 6) is 0.831. The zero-order valence-corrected chi connectivity index (χ0v) is 24.2. The van der Waals surface area contributed by atoms with Gasteiger partial charge in [-0.2, -0.15) is 0 Å². The monoisotopic (exact) mass is 578 g/mol. The lowest BCUT2D eigenvalue weighted by Crippen LogP contribution is -2.10. The molecule has 10 rings (SSSR count). The van der Waals surface area contributed by atoms with Gasteiger partial charge >= 0.3 is 0 Å². The Hall–Kier alpha value is -6.00. The summed E-state index contributed by atoms with van der Waals surface area (Å²) in [6, 6.07) is 51.3. The highest BCUT2D eigenvalue weighted by atomic mass is 16.5. The standard InChI is InChI=1S/C41H26N2O2/c1-3-10-25(11-4-1)28-18-19-30-37(24-28)44-36-21-20-33-40(39(30)36)45-41(42-33)31-16-9-17-34-38(31)32-22-26-12-7-8-13-27(26)23-35(32)43(34)29-14-5-2-6-15-29/h1-24,41-42H. The Labute approximate surface area is 258 Å². The number of ether oxygens (including phenoxy) is 1. The van der Waals surface area contributed by atoms with Gasteiger partial charge in [0.15, 0.2) is 12.0 Å². The fourth-order valence-electron chi connectivity index (χ4n) is 7.17. The number of anilines is 1. The average molecular weight is 579 g/mol. The molecule has 1 unspecified atom stereocenters. The fourth-order valence-corrected chi connectivity index (χ4v) is 7.17. The van der Waals surface area contributed by atoms with Gasteiger partial charge in [-0.3, -0.25) is 0 Å². The van der Waals surface area contributed by atoms with Crippen LogP contribution in [0.4, 0.5) is 5.69 Å². The quantitative estimate of drug-likeness (QED) is 0.227. The Bertz CT molecular complexity index is 2600. The maximum Gasteiger partial charge on any atom is 0.197 e. The van der Waals surface area contributed by atoms with E-state index >= 15 is 0 Å². The van der Waals surface area contributed by atoms with Crippen molar-refractivity contribution < 1.29 is 9.15 Å². The van der Waals surface area contributed by atoms with Gasteiger partial charge in [0, 0.05) is 27.4 Å². The zero-order valence-electron chi connectivity index (χ0n) is 24.2.